The van der Waals surface area contributed by atoms with Gasteiger partial charge in [0, 0.05) is 11.9 Å². The zero-order valence-electron chi connectivity index (χ0n) is 11.4. The molecule has 2 aromatic heterocycles. The van der Waals surface area contributed by atoms with Crippen LogP contribution in [-0.4, -0.2) is 21.8 Å². The van der Waals surface area contributed by atoms with Crippen LogP contribution in [0, 0.1) is 0 Å². The van der Waals surface area contributed by atoms with Crippen molar-refractivity contribution < 1.29 is 9.36 Å². The Morgan fingerprint density at radius 1 is 1.24 bits per heavy atom. The van der Waals surface area contributed by atoms with Gasteiger partial charge < -0.3 is 4.98 Å². The van der Waals surface area contributed by atoms with Gasteiger partial charge in [-0.2, -0.15) is 0 Å². The molecule has 0 amide bonds. The molecule has 0 fully saturated rings. The zero-order valence-corrected chi connectivity index (χ0v) is 12.2. The van der Waals surface area contributed by atoms with Gasteiger partial charge in [-0.15, -0.1) is 16.2 Å². The highest BCUT2D eigenvalue weighted by Gasteiger charge is 2.15. The van der Waals surface area contributed by atoms with Crippen molar-refractivity contribution in [3.05, 3.63) is 48.8 Å². The van der Waals surface area contributed by atoms with E-state index in [4.69, 9.17) is 11.6 Å². The van der Waals surface area contributed by atoms with Crippen LogP contribution in [0.15, 0.2) is 48.8 Å². The fourth-order valence-corrected chi connectivity index (χ4v) is 2.34. The number of hydrogen-bond acceptors (Lipinski definition) is 2. The first-order valence-electron chi connectivity index (χ1n) is 6.83. The molecule has 0 unspecified atom stereocenters. The number of alkyl halides is 1. The Balaban J connectivity index is 1.93. The number of nitrogens with zero attached hydrogens (tertiary/aromatic N) is 2. The minimum Gasteiger partial charge on any atom is -0.338 e. The number of carbonyl (C=O) groups excluding carboxylic acids is 1. The standard InChI is InChI=1S/C16H15ClN3O/c17-9-3-8-15(21)20-10-4-5-12(11-20)16-18-13-6-1-2-7-14(13)19-16/h1-2,4-7,10-11H,3,8-9H2,(H,18,19)/q+1. The van der Waals surface area contributed by atoms with Crippen LogP contribution in [0.3, 0.4) is 0 Å². The van der Waals surface area contributed by atoms with Crippen molar-refractivity contribution in [2.75, 3.05) is 5.88 Å². The van der Waals surface area contributed by atoms with Crippen molar-refractivity contribution in [3.63, 3.8) is 0 Å². The van der Waals surface area contributed by atoms with Gasteiger partial charge in [-0.1, -0.05) is 12.1 Å². The van der Waals surface area contributed by atoms with Gasteiger partial charge in [-0.3, -0.25) is 0 Å². The summed E-state index contributed by atoms with van der Waals surface area (Å²) in [6.07, 6.45) is 4.68. The summed E-state index contributed by atoms with van der Waals surface area (Å²) in [6, 6.07) is 11.6. The zero-order chi connectivity index (χ0) is 14.7. The summed E-state index contributed by atoms with van der Waals surface area (Å²) >= 11 is 5.63. The first-order valence-corrected chi connectivity index (χ1v) is 7.37. The third-order valence-electron chi connectivity index (χ3n) is 3.28. The topological polar surface area (TPSA) is 49.6 Å². The number of aromatic amines is 1. The molecule has 0 atom stereocenters. The predicted molar refractivity (Wildman–Crippen MR) is 82.3 cm³/mol. The number of benzene rings is 1. The van der Waals surface area contributed by atoms with E-state index in [9.17, 15) is 4.79 Å². The maximum Gasteiger partial charge on any atom is 0.392 e. The van der Waals surface area contributed by atoms with E-state index in [1.807, 2.05) is 36.4 Å². The van der Waals surface area contributed by atoms with Gasteiger partial charge in [0.05, 0.1) is 23.0 Å². The molecule has 0 spiro atoms. The van der Waals surface area contributed by atoms with Crippen LogP contribution >= 0.6 is 11.6 Å². The third kappa shape index (κ3) is 2.95. The van der Waals surface area contributed by atoms with E-state index in [2.05, 4.69) is 9.97 Å². The summed E-state index contributed by atoms with van der Waals surface area (Å²) in [6.45, 7) is 0. The fraction of sp³-hybridized carbons (Fsp3) is 0.188. The van der Waals surface area contributed by atoms with Crippen molar-refractivity contribution in [1.82, 2.24) is 9.97 Å². The van der Waals surface area contributed by atoms with Gasteiger partial charge in [-0.25, -0.2) is 9.78 Å². The predicted octanol–water partition coefficient (Wildman–Crippen LogP) is 3.18. The quantitative estimate of drug-likeness (QED) is 0.594. The Morgan fingerprint density at radius 2 is 2.10 bits per heavy atom. The number of aromatic nitrogens is 3. The lowest BCUT2D eigenvalue weighted by molar-refractivity contribution is -0.574. The van der Waals surface area contributed by atoms with Crippen molar-refractivity contribution in [3.8, 4) is 11.4 Å². The molecule has 21 heavy (non-hydrogen) atoms. The maximum absolute atomic E-state index is 12.0. The van der Waals surface area contributed by atoms with E-state index in [1.165, 1.54) is 0 Å². The summed E-state index contributed by atoms with van der Waals surface area (Å²) in [5, 5.41) is 0. The monoisotopic (exact) mass is 300 g/mol. The molecule has 0 radical (unpaired) electrons. The van der Waals surface area contributed by atoms with Crippen LogP contribution in [0.25, 0.3) is 22.4 Å². The van der Waals surface area contributed by atoms with Crippen LogP contribution in [0.4, 0.5) is 0 Å². The summed E-state index contributed by atoms with van der Waals surface area (Å²) < 4.78 is 1.59. The largest absolute Gasteiger partial charge is 0.392 e. The van der Waals surface area contributed by atoms with Crippen LogP contribution in [0.5, 0.6) is 0 Å². The first kappa shape index (κ1) is 13.8. The van der Waals surface area contributed by atoms with Crippen molar-refractivity contribution >= 4 is 28.5 Å². The summed E-state index contributed by atoms with van der Waals surface area (Å²) in [7, 11) is 0. The second-order valence-corrected chi connectivity index (χ2v) is 5.17. The van der Waals surface area contributed by atoms with Gasteiger partial charge in [0.1, 0.15) is 5.82 Å². The lowest BCUT2D eigenvalue weighted by Gasteiger charge is -1.96. The molecule has 0 aliphatic heterocycles. The average molecular weight is 301 g/mol. The number of fused-ring (bicyclic) bond motifs is 1. The molecule has 5 heteroatoms. The molecule has 2 heterocycles. The Hall–Kier alpha value is -2.20. The van der Waals surface area contributed by atoms with Gasteiger partial charge in [0.15, 0.2) is 12.4 Å². The van der Waals surface area contributed by atoms with Crippen LogP contribution in [0.2, 0.25) is 0 Å². The third-order valence-corrected chi connectivity index (χ3v) is 3.54. The smallest absolute Gasteiger partial charge is 0.338 e. The van der Waals surface area contributed by atoms with Gasteiger partial charge in [0.2, 0.25) is 0 Å². The van der Waals surface area contributed by atoms with Crippen molar-refractivity contribution in [2.24, 2.45) is 0 Å². The van der Waals surface area contributed by atoms with E-state index in [1.54, 1.807) is 17.0 Å². The minimum absolute atomic E-state index is 0.0358. The van der Waals surface area contributed by atoms with Gasteiger partial charge >= 0.3 is 5.91 Å². The summed E-state index contributed by atoms with van der Waals surface area (Å²) in [5.41, 5.74) is 2.78. The molecular formula is C16H15ClN3O+. The maximum atomic E-state index is 12.0. The highest BCUT2D eigenvalue weighted by Crippen LogP contribution is 2.18. The van der Waals surface area contributed by atoms with Crippen LogP contribution < -0.4 is 4.57 Å². The molecule has 106 valence electrons. The second-order valence-electron chi connectivity index (χ2n) is 4.79. The Bertz CT molecular complexity index is 749. The highest BCUT2D eigenvalue weighted by atomic mass is 35.5. The molecule has 1 aromatic carbocycles. The highest BCUT2D eigenvalue weighted by molar-refractivity contribution is 6.17. The number of nitrogens with one attached hydrogen (secondary N) is 1. The lowest BCUT2D eigenvalue weighted by atomic mass is 10.2. The number of pyridine rings is 1. The summed E-state index contributed by atoms with van der Waals surface area (Å²) in [4.78, 5) is 19.8. The SMILES string of the molecule is O=C(CCCCl)[n+]1cccc(-c2nc3ccccc3[nH]2)c1. The molecule has 0 saturated carbocycles. The Labute approximate surface area is 127 Å². The lowest BCUT2D eigenvalue weighted by Crippen LogP contribution is -2.41. The van der Waals surface area contributed by atoms with Gasteiger partial charge in [0.25, 0.3) is 0 Å². The van der Waals surface area contributed by atoms with E-state index in [0.717, 1.165) is 22.4 Å². The number of halogens is 1. The molecule has 3 rings (SSSR count). The van der Waals surface area contributed by atoms with E-state index < -0.39 is 0 Å². The van der Waals surface area contributed by atoms with E-state index >= 15 is 0 Å². The minimum atomic E-state index is 0.0358. The van der Waals surface area contributed by atoms with Crippen molar-refractivity contribution in [1.29, 1.82) is 0 Å². The number of carbonyl (C=O) groups is 1. The average Bonchev–Trinajstić information content (AvgIpc) is 2.97. The number of para-hydroxylation sites is 2. The number of imidazole rings is 1. The second kappa shape index (κ2) is 6.06. The molecule has 0 aliphatic rings. The first-order chi connectivity index (χ1) is 10.3. The number of hydrogen-bond donors (Lipinski definition) is 1. The molecule has 0 saturated heterocycles. The fourth-order valence-electron chi connectivity index (χ4n) is 2.21. The molecule has 0 bridgehead atoms. The van der Waals surface area contributed by atoms with Crippen LogP contribution in [-0.2, 0) is 0 Å². The van der Waals surface area contributed by atoms with Gasteiger partial charge in [-0.05, 0) is 24.6 Å². The molecular weight excluding hydrogens is 286 g/mol. The Morgan fingerprint density at radius 3 is 2.90 bits per heavy atom. The van der Waals surface area contributed by atoms with Crippen molar-refractivity contribution in [2.45, 2.75) is 12.8 Å². The molecule has 0 aliphatic carbocycles. The normalized spacial score (nSPS) is 10.9. The van der Waals surface area contributed by atoms with Crippen LogP contribution in [0.1, 0.15) is 17.6 Å². The molecule has 3 aromatic rings. The van der Waals surface area contributed by atoms with E-state index in [-0.39, 0.29) is 5.91 Å². The Kier molecular flexibility index (Phi) is 3.97. The number of rotatable bonds is 4. The molecule has 4 nitrogen and oxygen atoms in total. The summed E-state index contributed by atoms with van der Waals surface area (Å²) in [5.74, 6) is 1.29. The van der Waals surface area contributed by atoms with E-state index in [0.29, 0.717) is 18.7 Å². The molecule has 1 N–H and O–H groups in total. The number of H-pyrrole nitrogens is 1.